The van der Waals surface area contributed by atoms with Gasteiger partial charge in [0, 0.05) is 6.21 Å². The predicted octanol–water partition coefficient (Wildman–Crippen LogP) is 7.20. The van der Waals surface area contributed by atoms with Gasteiger partial charge in [0.1, 0.15) is 11.5 Å². The van der Waals surface area contributed by atoms with E-state index in [-0.39, 0.29) is 6.61 Å². The number of benzene rings is 2. The largest absolute Gasteiger partial charge is 0.494 e. The molecule has 2 aromatic carbocycles. The van der Waals surface area contributed by atoms with Crippen molar-refractivity contribution in [1.29, 1.82) is 0 Å². The highest BCUT2D eigenvalue weighted by atomic mass is 16.5. The first-order valence-electron chi connectivity index (χ1n) is 11.9. The Morgan fingerprint density at radius 2 is 1.31 bits per heavy atom. The van der Waals surface area contributed by atoms with Crippen LogP contribution in [-0.4, -0.2) is 30.5 Å². The van der Waals surface area contributed by atoms with E-state index >= 15 is 0 Å². The average Bonchev–Trinajstić information content (AvgIpc) is 2.81. The molecule has 0 spiro atoms. The number of rotatable bonds is 17. The fourth-order valence-corrected chi connectivity index (χ4v) is 3.35. The number of aliphatic imine (C=N–C) groups is 1. The van der Waals surface area contributed by atoms with Crippen LogP contribution >= 0.6 is 0 Å². The molecule has 1 N–H and O–H groups in total. The zero-order chi connectivity index (χ0) is 22.9. The van der Waals surface area contributed by atoms with Crippen LogP contribution in [-0.2, 0) is 4.79 Å². The van der Waals surface area contributed by atoms with E-state index in [1.807, 2.05) is 36.4 Å². The summed E-state index contributed by atoms with van der Waals surface area (Å²) in [6.45, 7) is 2.67. The van der Waals surface area contributed by atoms with Gasteiger partial charge in [0.2, 0.25) is 0 Å². The topological polar surface area (TPSA) is 68.1 Å². The van der Waals surface area contributed by atoms with Crippen LogP contribution in [0.1, 0.15) is 76.7 Å². The summed E-state index contributed by atoms with van der Waals surface area (Å²) in [6.07, 6.45) is 15.0. The minimum atomic E-state index is -0.994. The first-order chi connectivity index (χ1) is 15.7. The molecule has 0 fully saturated rings. The van der Waals surface area contributed by atoms with Crippen molar-refractivity contribution in [2.75, 3.05) is 13.2 Å². The molecule has 0 radical (unpaired) electrons. The van der Waals surface area contributed by atoms with E-state index in [0.717, 1.165) is 30.0 Å². The van der Waals surface area contributed by atoms with E-state index in [2.05, 4.69) is 11.9 Å². The lowest BCUT2D eigenvalue weighted by Gasteiger charge is -2.06. The number of carboxylic acids is 1. The number of carboxylic acid groups (broad SMARTS) is 1. The second-order valence-corrected chi connectivity index (χ2v) is 8.03. The smallest absolute Gasteiger partial charge is 0.341 e. The van der Waals surface area contributed by atoms with Crippen LogP contribution in [0.5, 0.6) is 11.5 Å². The van der Waals surface area contributed by atoms with Gasteiger partial charge in [-0.3, -0.25) is 4.99 Å². The van der Waals surface area contributed by atoms with Gasteiger partial charge < -0.3 is 14.6 Å². The summed E-state index contributed by atoms with van der Waals surface area (Å²) in [5.41, 5.74) is 1.76. The van der Waals surface area contributed by atoms with Crippen LogP contribution in [0, 0.1) is 0 Å². The lowest BCUT2D eigenvalue weighted by molar-refractivity contribution is -0.139. The number of nitrogens with zero attached hydrogens (tertiary/aromatic N) is 1. The molecule has 0 aliphatic carbocycles. The number of ether oxygens (including phenoxy) is 2. The van der Waals surface area contributed by atoms with Crippen molar-refractivity contribution in [1.82, 2.24) is 0 Å². The summed E-state index contributed by atoms with van der Waals surface area (Å²) in [7, 11) is 0. The highest BCUT2D eigenvalue weighted by Gasteiger charge is 1.99. The summed E-state index contributed by atoms with van der Waals surface area (Å²) in [5, 5.41) is 8.63. The lowest BCUT2D eigenvalue weighted by Crippen LogP contribution is -2.09. The van der Waals surface area contributed by atoms with Gasteiger partial charge in [-0.1, -0.05) is 64.7 Å². The molecule has 0 aromatic heterocycles. The van der Waals surface area contributed by atoms with Crippen LogP contribution < -0.4 is 9.47 Å². The van der Waals surface area contributed by atoms with Gasteiger partial charge >= 0.3 is 5.97 Å². The zero-order valence-corrected chi connectivity index (χ0v) is 19.3. The number of hydrogen-bond donors (Lipinski definition) is 1. The Balaban J connectivity index is 1.59. The zero-order valence-electron chi connectivity index (χ0n) is 19.3. The fraction of sp³-hybridized carbons (Fsp3) is 0.481. The Labute approximate surface area is 192 Å². The van der Waals surface area contributed by atoms with Gasteiger partial charge in [0.15, 0.2) is 6.61 Å². The Hall–Kier alpha value is -2.82. The summed E-state index contributed by atoms with van der Waals surface area (Å²) < 4.78 is 11.0. The molecule has 5 heteroatoms. The second kappa shape index (κ2) is 15.9. The molecule has 0 unspecified atom stereocenters. The molecule has 0 amide bonds. The predicted molar refractivity (Wildman–Crippen MR) is 131 cm³/mol. The van der Waals surface area contributed by atoms with Crippen LogP contribution in [0.2, 0.25) is 0 Å². The highest BCUT2D eigenvalue weighted by molar-refractivity contribution is 5.82. The van der Waals surface area contributed by atoms with E-state index in [1.54, 1.807) is 18.3 Å². The monoisotopic (exact) mass is 439 g/mol. The van der Waals surface area contributed by atoms with Gasteiger partial charge in [0.05, 0.1) is 12.3 Å². The van der Waals surface area contributed by atoms with Gasteiger partial charge in [-0.2, -0.15) is 0 Å². The molecule has 0 saturated carbocycles. The van der Waals surface area contributed by atoms with E-state index in [9.17, 15) is 4.79 Å². The molecule has 2 rings (SSSR count). The Kier molecular flexibility index (Phi) is 12.6. The fourth-order valence-electron chi connectivity index (χ4n) is 3.35. The number of carbonyl (C=O) groups is 1. The maximum Gasteiger partial charge on any atom is 0.341 e. The molecule has 0 atom stereocenters. The molecule has 2 aromatic rings. The number of hydrogen-bond acceptors (Lipinski definition) is 4. The van der Waals surface area contributed by atoms with Crippen molar-refractivity contribution in [2.45, 2.75) is 71.1 Å². The van der Waals surface area contributed by atoms with E-state index in [4.69, 9.17) is 14.6 Å². The van der Waals surface area contributed by atoms with Gasteiger partial charge in [-0.15, -0.1) is 0 Å². The maximum atomic E-state index is 10.5. The Morgan fingerprint density at radius 3 is 1.91 bits per heavy atom. The first kappa shape index (κ1) is 25.4. The minimum absolute atomic E-state index is 0.346. The average molecular weight is 440 g/mol. The Bertz CT molecular complexity index is 784. The molecule has 5 nitrogen and oxygen atoms in total. The maximum absolute atomic E-state index is 10.5. The van der Waals surface area contributed by atoms with Gasteiger partial charge in [-0.25, -0.2) is 4.79 Å². The quantitative estimate of drug-likeness (QED) is 0.209. The summed E-state index contributed by atoms with van der Waals surface area (Å²) >= 11 is 0. The van der Waals surface area contributed by atoms with Gasteiger partial charge in [0.25, 0.3) is 0 Å². The molecule has 0 aliphatic heterocycles. The molecule has 0 heterocycles. The normalized spacial score (nSPS) is 11.0. The molecular weight excluding hydrogens is 402 g/mol. The first-order valence-corrected chi connectivity index (χ1v) is 11.9. The summed E-state index contributed by atoms with van der Waals surface area (Å²) in [5.74, 6) is 0.403. The number of unbranched alkanes of at least 4 members (excludes halogenated alkanes) is 9. The van der Waals surface area contributed by atoms with E-state index in [0.29, 0.717) is 5.75 Å². The summed E-state index contributed by atoms with van der Waals surface area (Å²) in [4.78, 5) is 15.0. The van der Waals surface area contributed by atoms with Crippen LogP contribution in [0.4, 0.5) is 5.69 Å². The Morgan fingerprint density at radius 1 is 0.781 bits per heavy atom. The van der Waals surface area contributed by atoms with Crippen LogP contribution in [0.3, 0.4) is 0 Å². The molecular formula is C27H37NO4. The molecule has 174 valence electrons. The van der Waals surface area contributed by atoms with Crippen molar-refractivity contribution in [3.05, 3.63) is 54.1 Å². The van der Waals surface area contributed by atoms with Crippen LogP contribution in [0.25, 0.3) is 0 Å². The van der Waals surface area contributed by atoms with Crippen molar-refractivity contribution in [3.8, 4) is 11.5 Å². The second-order valence-electron chi connectivity index (χ2n) is 8.03. The van der Waals surface area contributed by atoms with Crippen molar-refractivity contribution < 1.29 is 19.4 Å². The molecule has 32 heavy (non-hydrogen) atoms. The van der Waals surface area contributed by atoms with Crippen molar-refractivity contribution in [2.24, 2.45) is 4.99 Å². The minimum Gasteiger partial charge on any atom is -0.494 e. The molecule has 0 bridgehead atoms. The third kappa shape index (κ3) is 11.5. The number of aliphatic carboxylic acids is 1. The third-order valence-corrected chi connectivity index (χ3v) is 5.21. The van der Waals surface area contributed by atoms with Crippen molar-refractivity contribution >= 4 is 17.9 Å². The lowest BCUT2D eigenvalue weighted by atomic mass is 10.1. The SMILES string of the molecule is CCCCCCCCCCCCOc1ccc(N=Cc2ccc(OCC(=O)O)cc2)cc1. The standard InChI is InChI=1S/C27H37NO4/c1-2-3-4-5-6-7-8-9-10-11-20-31-25-18-14-24(15-19-25)28-21-23-12-16-26(17-13-23)32-22-27(29)30/h12-19,21H,2-11,20,22H2,1H3,(H,29,30). The summed E-state index contributed by atoms with van der Waals surface area (Å²) in [6, 6.07) is 14.9. The van der Waals surface area contributed by atoms with E-state index in [1.165, 1.54) is 57.8 Å². The van der Waals surface area contributed by atoms with Crippen molar-refractivity contribution in [3.63, 3.8) is 0 Å². The van der Waals surface area contributed by atoms with Crippen LogP contribution in [0.15, 0.2) is 53.5 Å². The molecule has 0 saturated heterocycles. The molecule has 0 aliphatic rings. The van der Waals surface area contributed by atoms with E-state index < -0.39 is 5.97 Å². The van der Waals surface area contributed by atoms with Gasteiger partial charge in [-0.05, 0) is 60.5 Å². The third-order valence-electron chi connectivity index (χ3n) is 5.21. The highest BCUT2D eigenvalue weighted by Crippen LogP contribution is 2.19.